The molecule has 2 amide bonds. The highest BCUT2D eigenvalue weighted by atomic mass is 32.2. The van der Waals surface area contributed by atoms with E-state index in [0.717, 1.165) is 10.6 Å². The van der Waals surface area contributed by atoms with Gasteiger partial charge in [-0.05, 0) is 23.3 Å². The Bertz CT molecular complexity index is 1070. The van der Waals surface area contributed by atoms with E-state index >= 15 is 0 Å². The van der Waals surface area contributed by atoms with Gasteiger partial charge in [0.1, 0.15) is 11.8 Å². The van der Waals surface area contributed by atoms with Crippen molar-refractivity contribution in [2.24, 2.45) is 0 Å². The molecule has 0 heterocycles. The van der Waals surface area contributed by atoms with E-state index in [1.165, 1.54) is 17.0 Å². The lowest BCUT2D eigenvalue weighted by molar-refractivity contribution is -0.141. The molecule has 0 aliphatic rings. The Morgan fingerprint density at radius 3 is 2.12 bits per heavy atom. The highest BCUT2D eigenvalue weighted by Gasteiger charge is 2.25. The van der Waals surface area contributed by atoms with Crippen LogP contribution in [0.5, 0.6) is 5.75 Å². The number of amides is 2. The molecule has 2 N–H and O–H groups in total. The summed E-state index contributed by atoms with van der Waals surface area (Å²) in [5, 5.41) is 11.9. The van der Waals surface area contributed by atoms with Crippen molar-refractivity contribution in [1.29, 1.82) is 0 Å². The molecular formula is C22H27N3O7S. The molecule has 0 radical (unpaired) electrons. The van der Waals surface area contributed by atoms with Crippen molar-refractivity contribution < 1.29 is 32.6 Å². The third-order valence-electron chi connectivity index (χ3n) is 4.56. The minimum Gasteiger partial charge on any atom is -0.480 e. The molecule has 2 aromatic rings. The molecule has 1 atom stereocenters. The predicted molar refractivity (Wildman–Crippen MR) is 121 cm³/mol. The first-order chi connectivity index (χ1) is 15.5. The summed E-state index contributed by atoms with van der Waals surface area (Å²) in [6, 6.07) is 13.7. The molecule has 10 nitrogen and oxygen atoms in total. The maximum absolute atomic E-state index is 12.5. The summed E-state index contributed by atoms with van der Waals surface area (Å²) in [6.07, 6.45) is 0.396. The number of hydrogen-bond acceptors (Lipinski definition) is 6. The molecule has 11 heteroatoms. The van der Waals surface area contributed by atoms with Crippen LogP contribution in [-0.4, -0.2) is 73.6 Å². The normalized spacial score (nSPS) is 12.1. The van der Waals surface area contributed by atoms with Crippen LogP contribution in [0.2, 0.25) is 0 Å². The van der Waals surface area contributed by atoms with Gasteiger partial charge in [0.25, 0.3) is 0 Å². The Labute approximate surface area is 192 Å². The van der Waals surface area contributed by atoms with Crippen LogP contribution in [-0.2, 0) is 32.6 Å². The second-order valence-corrected chi connectivity index (χ2v) is 9.57. The molecule has 0 aromatic heterocycles. The van der Waals surface area contributed by atoms with E-state index in [1.807, 2.05) is 0 Å². The molecule has 0 saturated heterocycles. The lowest BCUT2D eigenvalue weighted by Gasteiger charge is -2.21. The van der Waals surface area contributed by atoms with Crippen molar-refractivity contribution in [3.05, 3.63) is 65.7 Å². The lowest BCUT2D eigenvalue weighted by Crippen LogP contribution is -2.47. The van der Waals surface area contributed by atoms with Crippen LogP contribution in [0.15, 0.2) is 54.6 Å². The fourth-order valence-electron chi connectivity index (χ4n) is 2.80. The molecule has 0 unspecified atom stereocenters. The van der Waals surface area contributed by atoms with Crippen molar-refractivity contribution in [1.82, 2.24) is 14.5 Å². The van der Waals surface area contributed by atoms with Gasteiger partial charge < -0.3 is 20.1 Å². The van der Waals surface area contributed by atoms with Crippen LogP contribution in [0.4, 0.5) is 4.79 Å². The summed E-state index contributed by atoms with van der Waals surface area (Å²) in [5.74, 6) is -1.71. The first kappa shape index (κ1) is 25.8. The fourth-order valence-corrected chi connectivity index (χ4v) is 3.53. The van der Waals surface area contributed by atoms with Crippen molar-refractivity contribution in [2.75, 3.05) is 26.9 Å². The van der Waals surface area contributed by atoms with E-state index in [-0.39, 0.29) is 18.7 Å². The SMILES string of the molecule is CN(C)C(=O)Oc1ccc(C[C@H](NC(=O)CN(Cc2ccccc2)S(C)(=O)=O)C(=O)O)cc1. The summed E-state index contributed by atoms with van der Waals surface area (Å²) in [5.41, 5.74) is 1.28. The van der Waals surface area contributed by atoms with Crippen molar-refractivity contribution >= 4 is 28.0 Å². The summed E-state index contributed by atoms with van der Waals surface area (Å²) in [4.78, 5) is 37.0. The molecule has 0 fully saturated rings. The molecule has 2 aromatic carbocycles. The predicted octanol–water partition coefficient (Wildman–Crippen LogP) is 1.32. The van der Waals surface area contributed by atoms with Gasteiger partial charge in [-0.1, -0.05) is 42.5 Å². The number of carbonyl (C=O) groups is 3. The standard InChI is InChI=1S/C22H27N3O7S/c1-24(2)22(29)32-18-11-9-16(10-12-18)13-19(21(27)28)23-20(26)15-25(33(3,30)31)14-17-7-5-4-6-8-17/h4-12,19H,13-15H2,1-3H3,(H,23,26)(H,27,28)/t19-/m0/s1. The number of aliphatic carboxylic acids is 1. The summed E-state index contributed by atoms with van der Waals surface area (Å²) >= 11 is 0. The number of carbonyl (C=O) groups excluding carboxylic acids is 2. The lowest BCUT2D eigenvalue weighted by atomic mass is 10.1. The van der Waals surface area contributed by atoms with Gasteiger partial charge in [0, 0.05) is 27.1 Å². The Morgan fingerprint density at radius 2 is 1.61 bits per heavy atom. The number of hydrogen-bond donors (Lipinski definition) is 2. The van der Waals surface area contributed by atoms with E-state index in [4.69, 9.17) is 4.74 Å². The number of benzene rings is 2. The zero-order chi connectivity index (χ0) is 24.6. The van der Waals surface area contributed by atoms with Gasteiger partial charge in [0.2, 0.25) is 15.9 Å². The Morgan fingerprint density at radius 1 is 1.00 bits per heavy atom. The van der Waals surface area contributed by atoms with Gasteiger partial charge in [-0.25, -0.2) is 18.0 Å². The number of sulfonamides is 1. The summed E-state index contributed by atoms with van der Waals surface area (Å²) in [7, 11) is -0.627. The van der Waals surface area contributed by atoms with E-state index in [2.05, 4.69) is 5.32 Å². The average Bonchev–Trinajstić information content (AvgIpc) is 2.74. The van der Waals surface area contributed by atoms with E-state index in [0.29, 0.717) is 11.1 Å². The molecule has 178 valence electrons. The summed E-state index contributed by atoms with van der Waals surface area (Å²) in [6.45, 7) is -0.533. The number of carboxylic acids is 1. The maximum atomic E-state index is 12.5. The van der Waals surface area contributed by atoms with Gasteiger partial charge in [-0.2, -0.15) is 4.31 Å². The molecule has 0 aliphatic heterocycles. The van der Waals surface area contributed by atoms with Crippen LogP contribution >= 0.6 is 0 Å². The minimum atomic E-state index is -3.71. The number of rotatable bonds is 10. The molecule has 0 aliphatic carbocycles. The molecule has 0 bridgehead atoms. The Balaban J connectivity index is 2.03. The molecular weight excluding hydrogens is 450 g/mol. The third-order valence-corrected chi connectivity index (χ3v) is 5.75. The van der Waals surface area contributed by atoms with Crippen molar-refractivity contribution in [3.8, 4) is 5.75 Å². The topological polar surface area (TPSA) is 133 Å². The van der Waals surface area contributed by atoms with Gasteiger partial charge in [-0.3, -0.25) is 4.79 Å². The van der Waals surface area contributed by atoms with Crippen LogP contribution in [0, 0.1) is 0 Å². The Kier molecular flexibility index (Phi) is 8.94. The van der Waals surface area contributed by atoms with E-state index in [9.17, 15) is 27.9 Å². The maximum Gasteiger partial charge on any atom is 0.414 e. The molecule has 2 rings (SSSR count). The van der Waals surface area contributed by atoms with Crippen LogP contribution < -0.4 is 10.1 Å². The molecule has 0 spiro atoms. The quantitative estimate of drug-likeness (QED) is 0.527. The zero-order valence-electron chi connectivity index (χ0n) is 18.6. The van der Waals surface area contributed by atoms with Crippen LogP contribution in [0.1, 0.15) is 11.1 Å². The molecule has 33 heavy (non-hydrogen) atoms. The largest absolute Gasteiger partial charge is 0.480 e. The van der Waals surface area contributed by atoms with Gasteiger partial charge in [0.15, 0.2) is 0 Å². The van der Waals surface area contributed by atoms with E-state index in [1.54, 1.807) is 56.6 Å². The highest BCUT2D eigenvalue weighted by Crippen LogP contribution is 2.15. The third kappa shape index (κ3) is 8.54. The van der Waals surface area contributed by atoms with Gasteiger partial charge in [-0.15, -0.1) is 0 Å². The summed E-state index contributed by atoms with van der Waals surface area (Å²) < 4.78 is 30.3. The average molecular weight is 478 g/mol. The minimum absolute atomic E-state index is 0.0159. The Hall–Kier alpha value is -3.44. The monoisotopic (exact) mass is 477 g/mol. The number of nitrogens with one attached hydrogen (secondary N) is 1. The molecule has 0 saturated carbocycles. The van der Waals surface area contributed by atoms with Crippen LogP contribution in [0.25, 0.3) is 0 Å². The second-order valence-electron chi connectivity index (χ2n) is 7.59. The smallest absolute Gasteiger partial charge is 0.414 e. The number of ether oxygens (including phenoxy) is 1. The van der Waals surface area contributed by atoms with Crippen molar-refractivity contribution in [3.63, 3.8) is 0 Å². The van der Waals surface area contributed by atoms with E-state index < -0.39 is 40.6 Å². The number of carboxylic acid groups (broad SMARTS) is 1. The van der Waals surface area contributed by atoms with Gasteiger partial charge >= 0.3 is 12.1 Å². The van der Waals surface area contributed by atoms with Gasteiger partial charge in [0.05, 0.1) is 12.8 Å². The first-order valence-electron chi connectivity index (χ1n) is 9.95. The second kappa shape index (κ2) is 11.4. The highest BCUT2D eigenvalue weighted by molar-refractivity contribution is 7.88. The number of nitrogens with zero attached hydrogens (tertiary/aromatic N) is 2. The zero-order valence-corrected chi connectivity index (χ0v) is 19.4. The van der Waals surface area contributed by atoms with Crippen molar-refractivity contribution in [2.45, 2.75) is 19.0 Å². The fraction of sp³-hybridized carbons (Fsp3) is 0.318. The first-order valence-corrected chi connectivity index (χ1v) is 11.8. The van der Waals surface area contributed by atoms with Crippen LogP contribution in [0.3, 0.4) is 0 Å².